The zero-order valence-electron chi connectivity index (χ0n) is 8.50. The quantitative estimate of drug-likeness (QED) is 0.687. The van der Waals surface area contributed by atoms with Gasteiger partial charge in [0, 0.05) is 7.11 Å². The number of rotatable bonds is 3. The van der Waals surface area contributed by atoms with E-state index in [1.54, 1.807) is 7.11 Å². The lowest BCUT2D eigenvalue weighted by Crippen LogP contribution is -1.93. The summed E-state index contributed by atoms with van der Waals surface area (Å²) in [6.45, 7) is 4.94. The second-order valence-corrected chi connectivity index (χ2v) is 3.20. The highest BCUT2D eigenvalue weighted by molar-refractivity contribution is 5.66. The van der Waals surface area contributed by atoms with Crippen molar-refractivity contribution in [2.24, 2.45) is 0 Å². The van der Waals surface area contributed by atoms with Gasteiger partial charge in [-0.05, 0) is 30.6 Å². The molecule has 1 aromatic rings. The van der Waals surface area contributed by atoms with Crippen molar-refractivity contribution < 1.29 is 4.74 Å². The summed E-state index contributed by atoms with van der Waals surface area (Å²) in [6.07, 6.45) is 0. The third-order valence-corrected chi connectivity index (χ3v) is 2.21. The third-order valence-electron chi connectivity index (χ3n) is 2.21. The van der Waals surface area contributed by atoms with E-state index in [2.05, 4.69) is 38.1 Å². The van der Waals surface area contributed by atoms with E-state index < -0.39 is 0 Å². The SMILES string of the molecule is COCC(C)=C(C)c1ccccc1. The van der Waals surface area contributed by atoms with Gasteiger partial charge in [0.1, 0.15) is 0 Å². The summed E-state index contributed by atoms with van der Waals surface area (Å²) in [5.74, 6) is 0. The summed E-state index contributed by atoms with van der Waals surface area (Å²) in [4.78, 5) is 0. The molecule has 0 aliphatic carbocycles. The van der Waals surface area contributed by atoms with E-state index in [9.17, 15) is 0 Å². The van der Waals surface area contributed by atoms with Crippen LogP contribution >= 0.6 is 0 Å². The lowest BCUT2D eigenvalue weighted by molar-refractivity contribution is 0.226. The maximum Gasteiger partial charge on any atom is 0.0676 e. The molecular formula is C12H16O. The smallest absolute Gasteiger partial charge is 0.0676 e. The largest absolute Gasteiger partial charge is 0.380 e. The van der Waals surface area contributed by atoms with Crippen molar-refractivity contribution in [1.29, 1.82) is 0 Å². The number of hydrogen-bond donors (Lipinski definition) is 0. The molecule has 0 aliphatic heterocycles. The topological polar surface area (TPSA) is 9.23 Å². The highest BCUT2D eigenvalue weighted by Crippen LogP contribution is 2.17. The number of benzene rings is 1. The van der Waals surface area contributed by atoms with Crippen LogP contribution in [0.25, 0.3) is 5.57 Å². The van der Waals surface area contributed by atoms with Crippen LogP contribution in [0.5, 0.6) is 0 Å². The molecule has 1 aromatic carbocycles. The highest BCUT2D eigenvalue weighted by atomic mass is 16.5. The lowest BCUT2D eigenvalue weighted by atomic mass is 10.0. The van der Waals surface area contributed by atoms with E-state index in [1.165, 1.54) is 16.7 Å². The average molecular weight is 176 g/mol. The summed E-state index contributed by atoms with van der Waals surface area (Å²) in [6, 6.07) is 10.4. The predicted octanol–water partition coefficient (Wildman–Crippen LogP) is 3.13. The molecule has 0 heterocycles. The molecule has 0 spiro atoms. The predicted molar refractivity (Wildman–Crippen MR) is 56.6 cm³/mol. The second-order valence-electron chi connectivity index (χ2n) is 3.20. The Morgan fingerprint density at radius 3 is 2.31 bits per heavy atom. The number of hydrogen-bond acceptors (Lipinski definition) is 1. The fourth-order valence-electron chi connectivity index (χ4n) is 1.26. The van der Waals surface area contributed by atoms with Crippen LogP contribution < -0.4 is 0 Å². The molecule has 1 nitrogen and oxygen atoms in total. The summed E-state index contributed by atoms with van der Waals surface area (Å²) in [7, 11) is 1.72. The zero-order valence-corrected chi connectivity index (χ0v) is 8.50. The molecule has 0 bridgehead atoms. The third kappa shape index (κ3) is 2.71. The van der Waals surface area contributed by atoms with Crippen LogP contribution in [-0.2, 0) is 4.74 Å². The van der Waals surface area contributed by atoms with Gasteiger partial charge in [0.2, 0.25) is 0 Å². The van der Waals surface area contributed by atoms with Crippen LogP contribution in [0.2, 0.25) is 0 Å². The van der Waals surface area contributed by atoms with Gasteiger partial charge >= 0.3 is 0 Å². The van der Waals surface area contributed by atoms with Crippen molar-refractivity contribution in [3.63, 3.8) is 0 Å². The lowest BCUT2D eigenvalue weighted by Gasteiger charge is -2.06. The number of methoxy groups -OCH3 is 1. The molecular weight excluding hydrogens is 160 g/mol. The van der Waals surface area contributed by atoms with Crippen molar-refractivity contribution in [3.8, 4) is 0 Å². The highest BCUT2D eigenvalue weighted by Gasteiger charge is 1.98. The van der Waals surface area contributed by atoms with E-state index in [4.69, 9.17) is 4.74 Å². The Morgan fingerprint density at radius 1 is 1.15 bits per heavy atom. The van der Waals surface area contributed by atoms with Gasteiger partial charge in [-0.25, -0.2) is 0 Å². The molecule has 1 rings (SSSR count). The summed E-state index contributed by atoms with van der Waals surface area (Å²) < 4.78 is 5.09. The van der Waals surface area contributed by atoms with Crippen LogP contribution in [0.4, 0.5) is 0 Å². The van der Waals surface area contributed by atoms with Gasteiger partial charge in [0.05, 0.1) is 6.61 Å². The van der Waals surface area contributed by atoms with Gasteiger partial charge in [-0.3, -0.25) is 0 Å². The molecule has 0 unspecified atom stereocenters. The Morgan fingerprint density at radius 2 is 1.77 bits per heavy atom. The standard InChI is InChI=1S/C12H16O/c1-10(9-13-3)11(2)12-7-5-4-6-8-12/h4-8H,9H2,1-3H3. The van der Waals surface area contributed by atoms with Crippen LogP contribution in [0.15, 0.2) is 35.9 Å². The van der Waals surface area contributed by atoms with Crippen LogP contribution in [0.1, 0.15) is 19.4 Å². The zero-order chi connectivity index (χ0) is 9.68. The van der Waals surface area contributed by atoms with Gasteiger partial charge in [-0.15, -0.1) is 0 Å². The first-order valence-electron chi connectivity index (χ1n) is 4.46. The Labute approximate surface area is 80.0 Å². The van der Waals surface area contributed by atoms with Gasteiger partial charge in [0.25, 0.3) is 0 Å². The number of allylic oxidation sites excluding steroid dienone is 1. The Kier molecular flexibility index (Phi) is 3.71. The molecule has 0 saturated carbocycles. The van der Waals surface area contributed by atoms with E-state index in [0.29, 0.717) is 6.61 Å². The first kappa shape index (κ1) is 10.0. The van der Waals surface area contributed by atoms with Gasteiger partial charge in [0.15, 0.2) is 0 Å². The molecule has 0 saturated heterocycles. The molecule has 0 atom stereocenters. The summed E-state index contributed by atoms with van der Waals surface area (Å²) >= 11 is 0. The maximum absolute atomic E-state index is 5.09. The first-order chi connectivity index (χ1) is 6.25. The van der Waals surface area contributed by atoms with E-state index in [0.717, 1.165) is 0 Å². The van der Waals surface area contributed by atoms with Crippen molar-refractivity contribution >= 4 is 5.57 Å². The number of ether oxygens (including phenoxy) is 1. The molecule has 0 fully saturated rings. The monoisotopic (exact) mass is 176 g/mol. The van der Waals surface area contributed by atoms with Crippen LogP contribution in [-0.4, -0.2) is 13.7 Å². The van der Waals surface area contributed by atoms with Gasteiger partial charge in [-0.1, -0.05) is 30.3 Å². The molecule has 1 heteroatoms. The van der Waals surface area contributed by atoms with E-state index >= 15 is 0 Å². The molecule has 70 valence electrons. The molecule has 0 radical (unpaired) electrons. The minimum atomic E-state index is 0.709. The second kappa shape index (κ2) is 4.83. The van der Waals surface area contributed by atoms with Crippen molar-refractivity contribution in [2.45, 2.75) is 13.8 Å². The average Bonchev–Trinajstić information content (AvgIpc) is 2.18. The fourth-order valence-corrected chi connectivity index (χ4v) is 1.26. The van der Waals surface area contributed by atoms with E-state index in [-0.39, 0.29) is 0 Å². The summed E-state index contributed by atoms with van der Waals surface area (Å²) in [5, 5.41) is 0. The fraction of sp³-hybridized carbons (Fsp3) is 0.333. The minimum absolute atomic E-state index is 0.709. The Bertz CT molecular complexity index is 285. The van der Waals surface area contributed by atoms with Crippen molar-refractivity contribution in [2.75, 3.05) is 13.7 Å². The van der Waals surface area contributed by atoms with Crippen LogP contribution in [0.3, 0.4) is 0 Å². The van der Waals surface area contributed by atoms with Crippen molar-refractivity contribution in [1.82, 2.24) is 0 Å². The van der Waals surface area contributed by atoms with Crippen molar-refractivity contribution in [3.05, 3.63) is 41.5 Å². The molecule has 0 N–H and O–H groups in total. The normalized spacial score (nSPS) is 12.5. The minimum Gasteiger partial charge on any atom is -0.380 e. The molecule has 13 heavy (non-hydrogen) atoms. The molecule has 0 amide bonds. The first-order valence-corrected chi connectivity index (χ1v) is 4.46. The van der Waals surface area contributed by atoms with Crippen LogP contribution in [0, 0.1) is 0 Å². The Balaban J connectivity index is 2.89. The maximum atomic E-state index is 5.09. The van der Waals surface area contributed by atoms with Gasteiger partial charge in [-0.2, -0.15) is 0 Å². The van der Waals surface area contributed by atoms with E-state index in [1.807, 2.05) is 6.07 Å². The Hall–Kier alpha value is -1.08. The van der Waals surface area contributed by atoms with Gasteiger partial charge < -0.3 is 4.74 Å². The molecule has 0 aliphatic rings. The molecule has 0 aromatic heterocycles. The summed E-state index contributed by atoms with van der Waals surface area (Å²) in [5.41, 5.74) is 3.87.